The van der Waals surface area contributed by atoms with Crippen LogP contribution in [0.1, 0.15) is 10.4 Å². The fraction of sp³-hybridized carbons (Fsp3) is 0.235. The summed E-state index contributed by atoms with van der Waals surface area (Å²) in [4.78, 5) is 12.5. The highest BCUT2D eigenvalue weighted by Gasteiger charge is 2.19. The Morgan fingerprint density at radius 3 is 2.36 bits per heavy atom. The predicted octanol–water partition coefficient (Wildman–Crippen LogP) is 2.21. The van der Waals surface area contributed by atoms with Crippen molar-refractivity contribution in [1.82, 2.24) is 4.31 Å². The van der Waals surface area contributed by atoms with Gasteiger partial charge in [-0.2, -0.15) is 0 Å². The molecule has 0 aliphatic rings. The molecule has 0 radical (unpaired) electrons. The molecule has 0 fully saturated rings. The van der Waals surface area contributed by atoms with Gasteiger partial charge in [-0.15, -0.1) is 0 Å². The number of amides is 1. The van der Waals surface area contributed by atoms with Crippen LogP contribution < -0.4 is 14.8 Å². The molecule has 0 spiro atoms. The number of carbonyl (C=O) groups is 1. The van der Waals surface area contributed by atoms with Crippen molar-refractivity contribution in [2.45, 2.75) is 4.90 Å². The molecular formula is C17H20N2O5S. The van der Waals surface area contributed by atoms with Gasteiger partial charge in [0.25, 0.3) is 5.91 Å². The number of carbonyl (C=O) groups excluding carboxylic acids is 1. The molecule has 0 aliphatic carbocycles. The first-order valence-corrected chi connectivity index (χ1v) is 8.79. The van der Waals surface area contributed by atoms with Gasteiger partial charge in [-0.3, -0.25) is 4.79 Å². The van der Waals surface area contributed by atoms with Gasteiger partial charge in [0.1, 0.15) is 11.5 Å². The lowest BCUT2D eigenvalue weighted by molar-refractivity contribution is 0.102. The largest absolute Gasteiger partial charge is 0.497 e. The van der Waals surface area contributed by atoms with Crippen molar-refractivity contribution >= 4 is 21.6 Å². The number of rotatable bonds is 6. The minimum Gasteiger partial charge on any atom is -0.497 e. The van der Waals surface area contributed by atoms with Gasteiger partial charge < -0.3 is 14.8 Å². The molecule has 0 heterocycles. The summed E-state index contributed by atoms with van der Waals surface area (Å²) < 4.78 is 35.8. The second-order valence-corrected chi connectivity index (χ2v) is 7.49. The number of ether oxygens (including phenoxy) is 2. The molecular weight excluding hydrogens is 344 g/mol. The Balaban J connectivity index is 2.31. The molecule has 0 saturated heterocycles. The zero-order chi connectivity index (χ0) is 18.6. The third kappa shape index (κ3) is 4.09. The summed E-state index contributed by atoms with van der Waals surface area (Å²) in [5.41, 5.74) is 0.676. The first-order valence-electron chi connectivity index (χ1n) is 7.35. The van der Waals surface area contributed by atoms with Gasteiger partial charge in [-0.05, 0) is 30.3 Å². The minimum atomic E-state index is -3.62. The number of sulfonamides is 1. The van der Waals surface area contributed by atoms with Crippen molar-refractivity contribution < 1.29 is 22.7 Å². The summed E-state index contributed by atoms with van der Waals surface area (Å²) in [5, 5.41) is 2.71. The van der Waals surface area contributed by atoms with Crippen molar-refractivity contribution in [3.8, 4) is 11.5 Å². The zero-order valence-corrected chi connectivity index (χ0v) is 15.3. The maximum Gasteiger partial charge on any atom is 0.255 e. The fourth-order valence-electron chi connectivity index (χ4n) is 2.10. The molecule has 134 valence electrons. The van der Waals surface area contributed by atoms with Crippen molar-refractivity contribution in [3.63, 3.8) is 0 Å². The van der Waals surface area contributed by atoms with Gasteiger partial charge in [0.05, 0.1) is 24.8 Å². The van der Waals surface area contributed by atoms with E-state index in [0.29, 0.717) is 17.2 Å². The van der Waals surface area contributed by atoms with Crippen LogP contribution in [0.4, 0.5) is 5.69 Å². The lowest BCUT2D eigenvalue weighted by Gasteiger charge is -2.13. The molecule has 2 aromatic rings. The highest BCUT2D eigenvalue weighted by Crippen LogP contribution is 2.29. The fourth-order valence-corrected chi connectivity index (χ4v) is 3.05. The minimum absolute atomic E-state index is 0.0480. The summed E-state index contributed by atoms with van der Waals surface area (Å²) in [5.74, 6) is 0.581. The van der Waals surface area contributed by atoms with E-state index in [2.05, 4.69) is 5.32 Å². The van der Waals surface area contributed by atoms with Gasteiger partial charge in [0.2, 0.25) is 10.0 Å². The highest BCUT2D eigenvalue weighted by atomic mass is 32.2. The third-order valence-corrected chi connectivity index (χ3v) is 5.34. The molecule has 0 atom stereocenters. The average molecular weight is 364 g/mol. The van der Waals surface area contributed by atoms with E-state index in [9.17, 15) is 13.2 Å². The summed E-state index contributed by atoms with van der Waals surface area (Å²) in [6, 6.07) is 10.8. The Morgan fingerprint density at radius 2 is 1.76 bits per heavy atom. The standard InChI is InChI=1S/C17H20N2O5S/c1-19(2)25(21,22)14-7-5-6-12(10-14)17(20)18-15-9-8-13(23-3)11-16(15)24-4/h5-11H,1-4H3,(H,18,20). The molecule has 2 rings (SSSR count). The number of anilines is 1. The predicted molar refractivity (Wildman–Crippen MR) is 94.8 cm³/mol. The summed E-state index contributed by atoms with van der Waals surface area (Å²) >= 11 is 0. The molecule has 0 saturated carbocycles. The summed E-state index contributed by atoms with van der Waals surface area (Å²) in [6.07, 6.45) is 0. The van der Waals surface area contributed by atoms with Gasteiger partial charge in [0.15, 0.2) is 0 Å². The molecule has 1 amide bonds. The first kappa shape index (κ1) is 18.8. The van der Waals surface area contributed by atoms with E-state index in [-0.39, 0.29) is 10.5 Å². The molecule has 7 nitrogen and oxygen atoms in total. The Kier molecular flexibility index (Phi) is 5.66. The lowest BCUT2D eigenvalue weighted by Crippen LogP contribution is -2.22. The Morgan fingerprint density at radius 1 is 1.04 bits per heavy atom. The molecule has 8 heteroatoms. The van der Waals surface area contributed by atoms with Crippen LogP contribution in [-0.4, -0.2) is 46.9 Å². The quantitative estimate of drug-likeness (QED) is 0.849. The number of nitrogens with zero attached hydrogens (tertiary/aromatic N) is 1. The van der Waals surface area contributed by atoms with Crippen molar-refractivity contribution in [3.05, 3.63) is 48.0 Å². The van der Waals surface area contributed by atoms with E-state index in [0.717, 1.165) is 4.31 Å². The summed E-state index contributed by atoms with van der Waals surface area (Å²) in [6.45, 7) is 0. The monoisotopic (exact) mass is 364 g/mol. The molecule has 0 bridgehead atoms. The number of hydrogen-bond acceptors (Lipinski definition) is 5. The van der Waals surface area contributed by atoms with E-state index in [1.807, 2.05) is 0 Å². The molecule has 1 N–H and O–H groups in total. The van der Waals surface area contributed by atoms with E-state index >= 15 is 0 Å². The Hall–Kier alpha value is -2.58. The second-order valence-electron chi connectivity index (χ2n) is 5.34. The first-order chi connectivity index (χ1) is 11.8. The van der Waals surface area contributed by atoms with Crippen LogP contribution in [0.25, 0.3) is 0 Å². The number of methoxy groups -OCH3 is 2. The Labute approximate surface area is 147 Å². The number of benzene rings is 2. The van der Waals surface area contributed by atoms with Gasteiger partial charge in [-0.25, -0.2) is 12.7 Å². The van der Waals surface area contributed by atoms with Crippen LogP contribution in [0.15, 0.2) is 47.4 Å². The Bertz CT molecular complexity index is 878. The van der Waals surface area contributed by atoms with Crippen LogP contribution >= 0.6 is 0 Å². The summed E-state index contributed by atoms with van der Waals surface area (Å²) in [7, 11) is 2.27. The molecule has 2 aromatic carbocycles. The molecule has 0 aromatic heterocycles. The third-order valence-electron chi connectivity index (χ3n) is 3.53. The van der Waals surface area contributed by atoms with Gasteiger partial charge in [0, 0.05) is 25.7 Å². The van der Waals surface area contributed by atoms with Crippen molar-refractivity contribution in [1.29, 1.82) is 0 Å². The van der Waals surface area contributed by atoms with E-state index in [1.54, 1.807) is 24.3 Å². The van der Waals surface area contributed by atoms with Crippen LogP contribution in [0.2, 0.25) is 0 Å². The van der Waals surface area contributed by atoms with E-state index in [4.69, 9.17) is 9.47 Å². The van der Waals surface area contributed by atoms with Crippen molar-refractivity contribution in [2.24, 2.45) is 0 Å². The van der Waals surface area contributed by atoms with E-state index in [1.165, 1.54) is 46.5 Å². The van der Waals surface area contributed by atoms with Crippen LogP contribution in [-0.2, 0) is 10.0 Å². The van der Waals surface area contributed by atoms with Crippen LogP contribution in [0.5, 0.6) is 11.5 Å². The smallest absolute Gasteiger partial charge is 0.255 e. The van der Waals surface area contributed by atoms with Gasteiger partial charge >= 0.3 is 0 Å². The molecule has 0 aliphatic heterocycles. The molecule has 25 heavy (non-hydrogen) atoms. The van der Waals surface area contributed by atoms with Crippen LogP contribution in [0.3, 0.4) is 0 Å². The SMILES string of the molecule is COc1ccc(NC(=O)c2cccc(S(=O)(=O)N(C)C)c2)c(OC)c1. The second kappa shape index (κ2) is 7.54. The normalized spacial score (nSPS) is 11.2. The van der Waals surface area contributed by atoms with Gasteiger partial charge in [-0.1, -0.05) is 6.07 Å². The van der Waals surface area contributed by atoms with Crippen LogP contribution in [0, 0.1) is 0 Å². The maximum atomic E-state index is 12.5. The highest BCUT2D eigenvalue weighted by molar-refractivity contribution is 7.89. The average Bonchev–Trinajstić information content (AvgIpc) is 2.61. The topological polar surface area (TPSA) is 84.9 Å². The zero-order valence-electron chi connectivity index (χ0n) is 14.4. The maximum absolute atomic E-state index is 12.5. The lowest BCUT2D eigenvalue weighted by atomic mass is 10.2. The van der Waals surface area contributed by atoms with E-state index < -0.39 is 15.9 Å². The number of hydrogen-bond donors (Lipinski definition) is 1. The molecule has 0 unspecified atom stereocenters. The van der Waals surface area contributed by atoms with Crippen molar-refractivity contribution in [2.75, 3.05) is 33.6 Å². The number of nitrogens with one attached hydrogen (secondary N) is 1.